The molecule has 3 heteroatoms. The summed E-state index contributed by atoms with van der Waals surface area (Å²) in [5.41, 5.74) is 5.38. The van der Waals surface area contributed by atoms with Crippen LogP contribution in [0.25, 0.3) is 0 Å². The number of amides is 1. The summed E-state index contributed by atoms with van der Waals surface area (Å²) in [6.45, 7) is 5.51. The van der Waals surface area contributed by atoms with E-state index in [2.05, 4.69) is 12.2 Å². The number of hydrogen-bond acceptors (Lipinski definition) is 2. The van der Waals surface area contributed by atoms with Crippen LogP contribution >= 0.6 is 0 Å². The SMILES string of the molecule is CCCCCCNC(=O)C(C)CCN. The van der Waals surface area contributed by atoms with Crippen LogP contribution in [0.4, 0.5) is 0 Å². The summed E-state index contributed by atoms with van der Waals surface area (Å²) in [6.07, 6.45) is 5.57. The molecule has 0 spiro atoms. The Morgan fingerprint density at radius 2 is 2.07 bits per heavy atom. The molecule has 84 valence electrons. The van der Waals surface area contributed by atoms with Crippen LogP contribution in [0, 0.1) is 5.92 Å². The number of nitrogens with one attached hydrogen (secondary N) is 1. The van der Waals surface area contributed by atoms with Crippen LogP contribution < -0.4 is 11.1 Å². The highest BCUT2D eigenvalue weighted by atomic mass is 16.1. The lowest BCUT2D eigenvalue weighted by Gasteiger charge is -2.10. The fourth-order valence-electron chi connectivity index (χ4n) is 1.32. The van der Waals surface area contributed by atoms with Gasteiger partial charge in [0.15, 0.2) is 0 Å². The van der Waals surface area contributed by atoms with Crippen molar-refractivity contribution >= 4 is 5.91 Å². The van der Waals surface area contributed by atoms with E-state index in [-0.39, 0.29) is 11.8 Å². The maximum Gasteiger partial charge on any atom is 0.222 e. The van der Waals surface area contributed by atoms with Gasteiger partial charge >= 0.3 is 0 Å². The Labute approximate surface area is 87.4 Å². The Kier molecular flexibility index (Phi) is 8.64. The van der Waals surface area contributed by atoms with Crippen molar-refractivity contribution in [1.29, 1.82) is 0 Å². The Morgan fingerprint density at radius 3 is 2.64 bits per heavy atom. The molecule has 0 fully saturated rings. The van der Waals surface area contributed by atoms with Crippen LogP contribution in [-0.4, -0.2) is 19.0 Å². The minimum Gasteiger partial charge on any atom is -0.356 e. The van der Waals surface area contributed by atoms with Gasteiger partial charge in [-0.2, -0.15) is 0 Å². The lowest BCUT2D eigenvalue weighted by molar-refractivity contribution is -0.124. The lowest BCUT2D eigenvalue weighted by Crippen LogP contribution is -2.31. The molecule has 0 saturated heterocycles. The van der Waals surface area contributed by atoms with E-state index in [4.69, 9.17) is 5.73 Å². The third-order valence-electron chi connectivity index (χ3n) is 2.38. The van der Waals surface area contributed by atoms with Crippen LogP contribution in [0.5, 0.6) is 0 Å². The van der Waals surface area contributed by atoms with Crippen molar-refractivity contribution in [2.45, 2.75) is 46.0 Å². The standard InChI is InChI=1S/C11H24N2O/c1-3-4-5-6-9-13-11(14)10(2)7-8-12/h10H,3-9,12H2,1-2H3,(H,13,14). The van der Waals surface area contributed by atoms with Gasteiger partial charge in [-0.3, -0.25) is 4.79 Å². The van der Waals surface area contributed by atoms with Gasteiger partial charge < -0.3 is 11.1 Å². The summed E-state index contributed by atoms with van der Waals surface area (Å²) in [4.78, 5) is 11.4. The highest BCUT2D eigenvalue weighted by molar-refractivity contribution is 5.78. The minimum atomic E-state index is 0.0613. The van der Waals surface area contributed by atoms with Crippen molar-refractivity contribution in [3.05, 3.63) is 0 Å². The van der Waals surface area contributed by atoms with Crippen LogP contribution in [0.3, 0.4) is 0 Å². The molecule has 3 N–H and O–H groups in total. The van der Waals surface area contributed by atoms with E-state index >= 15 is 0 Å². The Hall–Kier alpha value is -0.570. The molecule has 0 bridgehead atoms. The quantitative estimate of drug-likeness (QED) is 0.586. The normalized spacial score (nSPS) is 12.5. The molecule has 0 aromatic carbocycles. The molecule has 1 amide bonds. The zero-order chi connectivity index (χ0) is 10.8. The van der Waals surface area contributed by atoms with Gasteiger partial charge in [0.1, 0.15) is 0 Å². The third kappa shape index (κ3) is 6.89. The molecule has 0 aromatic rings. The predicted molar refractivity (Wildman–Crippen MR) is 60.0 cm³/mol. The first kappa shape index (κ1) is 13.4. The van der Waals surface area contributed by atoms with Crippen molar-refractivity contribution in [2.24, 2.45) is 11.7 Å². The Bertz CT molecular complexity index is 148. The van der Waals surface area contributed by atoms with Crippen molar-refractivity contribution in [1.82, 2.24) is 5.32 Å². The number of carbonyl (C=O) groups is 1. The van der Waals surface area contributed by atoms with Gasteiger partial charge in [0.25, 0.3) is 0 Å². The Morgan fingerprint density at radius 1 is 1.36 bits per heavy atom. The molecule has 0 aliphatic carbocycles. The highest BCUT2D eigenvalue weighted by Gasteiger charge is 2.10. The molecule has 0 radical (unpaired) electrons. The fourth-order valence-corrected chi connectivity index (χ4v) is 1.32. The van der Waals surface area contributed by atoms with Crippen molar-refractivity contribution in [2.75, 3.05) is 13.1 Å². The van der Waals surface area contributed by atoms with Gasteiger partial charge in [-0.25, -0.2) is 0 Å². The van der Waals surface area contributed by atoms with E-state index in [1.165, 1.54) is 19.3 Å². The van der Waals surface area contributed by atoms with E-state index in [9.17, 15) is 4.79 Å². The summed E-state index contributed by atoms with van der Waals surface area (Å²) in [7, 11) is 0. The molecular weight excluding hydrogens is 176 g/mol. The minimum absolute atomic E-state index is 0.0613. The molecule has 14 heavy (non-hydrogen) atoms. The third-order valence-corrected chi connectivity index (χ3v) is 2.38. The number of hydrogen-bond donors (Lipinski definition) is 2. The van der Waals surface area contributed by atoms with E-state index < -0.39 is 0 Å². The van der Waals surface area contributed by atoms with Gasteiger partial charge in [0, 0.05) is 12.5 Å². The van der Waals surface area contributed by atoms with Crippen molar-refractivity contribution in [3.8, 4) is 0 Å². The number of unbranched alkanes of at least 4 members (excludes halogenated alkanes) is 3. The highest BCUT2D eigenvalue weighted by Crippen LogP contribution is 2.01. The predicted octanol–water partition coefficient (Wildman–Crippen LogP) is 1.67. The van der Waals surface area contributed by atoms with Gasteiger partial charge in [0.05, 0.1) is 0 Å². The maximum absolute atomic E-state index is 11.4. The first-order chi connectivity index (χ1) is 6.72. The molecular formula is C11H24N2O. The molecule has 3 nitrogen and oxygen atoms in total. The molecule has 0 saturated carbocycles. The van der Waals surface area contributed by atoms with Crippen LogP contribution in [0.2, 0.25) is 0 Å². The number of carbonyl (C=O) groups excluding carboxylic acids is 1. The van der Waals surface area contributed by atoms with Crippen LogP contribution in [0.15, 0.2) is 0 Å². The molecule has 1 atom stereocenters. The maximum atomic E-state index is 11.4. The molecule has 1 unspecified atom stereocenters. The van der Waals surface area contributed by atoms with Gasteiger partial charge in [-0.1, -0.05) is 33.1 Å². The molecule has 0 aliphatic heterocycles. The second kappa shape index (κ2) is 9.00. The second-order valence-electron chi connectivity index (χ2n) is 3.83. The summed E-state index contributed by atoms with van der Waals surface area (Å²) >= 11 is 0. The van der Waals surface area contributed by atoms with E-state index in [1.54, 1.807) is 0 Å². The lowest BCUT2D eigenvalue weighted by atomic mass is 10.1. The Balaban J connectivity index is 3.34. The van der Waals surface area contributed by atoms with Crippen molar-refractivity contribution < 1.29 is 4.79 Å². The smallest absolute Gasteiger partial charge is 0.222 e. The van der Waals surface area contributed by atoms with Gasteiger partial charge in [-0.05, 0) is 19.4 Å². The summed E-state index contributed by atoms with van der Waals surface area (Å²) < 4.78 is 0. The van der Waals surface area contributed by atoms with Gasteiger partial charge in [-0.15, -0.1) is 0 Å². The zero-order valence-electron chi connectivity index (χ0n) is 9.51. The number of rotatable bonds is 8. The molecule has 0 aliphatic rings. The van der Waals surface area contributed by atoms with Crippen LogP contribution in [-0.2, 0) is 4.79 Å². The van der Waals surface area contributed by atoms with E-state index in [0.29, 0.717) is 6.54 Å². The largest absolute Gasteiger partial charge is 0.356 e. The van der Waals surface area contributed by atoms with E-state index in [0.717, 1.165) is 19.4 Å². The summed E-state index contributed by atoms with van der Waals surface area (Å²) in [5.74, 6) is 0.207. The summed E-state index contributed by atoms with van der Waals surface area (Å²) in [5, 5.41) is 2.93. The monoisotopic (exact) mass is 200 g/mol. The average Bonchev–Trinajstić information content (AvgIpc) is 2.17. The van der Waals surface area contributed by atoms with E-state index in [1.807, 2.05) is 6.92 Å². The average molecular weight is 200 g/mol. The molecule has 0 heterocycles. The number of nitrogens with two attached hydrogens (primary N) is 1. The van der Waals surface area contributed by atoms with Crippen molar-refractivity contribution in [3.63, 3.8) is 0 Å². The molecule has 0 aromatic heterocycles. The van der Waals surface area contributed by atoms with Crippen LogP contribution in [0.1, 0.15) is 46.0 Å². The topological polar surface area (TPSA) is 55.1 Å². The zero-order valence-corrected chi connectivity index (χ0v) is 9.51. The second-order valence-corrected chi connectivity index (χ2v) is 3.83. The van der Waals surface area contributed by atoms with Gasteiger partial charge in [0.2, 0.25) is 5.91 Å². The fraction of sp³-hybridized carbons (Fsp3) is 0.909. The summed E-state index contributed by atoms with van der Waals surface area (Å²) in [6, 6.07) is 0. The molecule has 0 rings (SSSR count). The first-order valence-corrected chi connectivity index (χ1v) is 5.70. The first-order valence-electron chi connectivity index (χ1n) is 5.70.